The summed E-state index contributed by atoms with van der Waals surface area (Å²) >= 11 is 0. The number of aryl methyl sites for hydroxylation is 1. The van der Waals surface area contributed by atoms with Crippen LogP contribution in [0, 0.1) is 17.6 Å². The number of ether oxygens (including phenoxy) is 1. The van der Waals surface area contributed by atoms with E-state index in [0.717, 1.165) is 32.2 Å². The van der Waals surface area contributed by atoms with Gasteiger partial charge in [0.15, 0.2) is 5.82 Å². The number of halogens is 3. The summed E-state index contributed by atoms with van der Waals surface area (Å²) in [7, 11) is 0. The fraction of sp³-hybridized carbons (Fsp3) is 0.485. The first kappa shape index (κ1) is 29.0. The summed E-state index contributed by atoms with van der Waals surface area (Å²) in [5.41, 5.74) is 0.142. The summed E-state index contributed by atoms with van der Waals surface area (Å²) in [5.74, 6) is -0.754. The minimum atomic E-state index is -0.920. The average Bonchev–Trinajstić information content (AvgIpc) is 3.55. The topological polar surface area (TPSA) is 94.8 Å². The molecule has 11 heteroatoms. The van der Waals surface area contributed by atoms with Gasteiger partial charge in [0.05, 0.1) is 10.9 Å². The number of fused-ring (bicyclic) bond motifs is 3. The molecule has 232 valence electrons. The van der Waals surface area contributed by atoms with E-state index >= 15 is 4.39 Å². The lowest BCUT2D eigenvalue weighted by Crippen LogP contribution is -2.43. The van der Waals surface area contributed by atoms with E-state index in [0.29, 0.717) is 60.0 Å². The molecule has 2 aromatic carbocycles. The van der Waals surface area contributed by atoms with Crippen molar-refractivity contribution in [3.05, 3.63) is 47.7 Å². The predicted octanol–water partition coefficient (Wildman–Crippen LogP) is 5.56. The van der Waals surface area contributed by atoms with Crippen molar-refractivity contribution in [2.75, 3.05) is 44.3 Å². The zero-order valence-electron chi connectivity index (χ0n) is 24.7. The van der Waals surface area contributed by atoms with Crippen LogP contribution in [-0.4, -0.2) is 81.2 Å². The number of phenolic OH excluding ortho intramolecular Hbond substituents is 1. The molecule has 0 spiro atoms. The molecule has 2 aromatic heterocycles. The SMILES string of the molecule is CCc1c(F)ccc2cc(O)cc(-c3ncc4c(N5CCCC(CO)C5)nc(OC[C@@]56CCCN5C[C@H](F)C6)nc4c3F)c12. The van der Waals surface area contributed by atoms with Crippen LogP contribution in [0.5, 0.6) is 11.8 Å². The molecule has 8 nitrogen and oxygen atoms in total. The molecule has 3 aliphatic heterocycles. The first-order chi connectivity index (χ1) is 21.3. The van der Waals surface area contributed by atoms with Crippen molar-refractivity contribution in [3.8, 4) is 23.0 Å². The van der Waals surface area contributed by atoms with Gasteiger partial charge in [-0.15, -0.1) is 0 Å². The van der Waals surface area contributed by atoms with E-state index in [1.54, 1.807) is 6.07 Å². The molecule has 0 saturated carbocycles. The van der Waals surface area contributed by atoms with Crippen LogP contribution in [0.2, 0.25) is 0 Å². The highest BCUT2D eigenvalue weighted by molar-refractivity contribution is 6.01. The van der Waals surface area contributed by atoms with E-state index in [-0.39, 0.29) is 47.7 Å². The van der Waals surface area contributed by atoms with Gasteiger partial charge in [-0.3, -0.25) is 9.88 Å². The van der Waals surface area contributed by atoms with Gasteiger partial charge in [-0.2, -0.15) is 9.97 Å². The number of phenols is 1. The zero-order valence-corrected chi connectivity index (χ0v) is 24.7. The Kier molecular flexibility index (Phi) is 7.48. The molecule has 7 rings (SSSR count). The van der Waals surface area contributed by atoms with Gasteiger partial charge in [-0.05, 0) is 79.1 Å². The molecule has 0 radical (unpaired) electrons. The third-order valence-electron chi connectivity index (χ3n) is 9.71. The second-order valence-corrected chi connectivity index (χ2v) is 12.5. The molecule has 3 fully saturated rings. The van der Waals surface area contributed by atoms with E-state index in [1.807, 2.05) is 11.8 Å². The van der Waals surface area contributed by atoms with Gasteiger partial charge in [0.25, 0.3) is 0 Å². The van der Waals surface area contributed by atoms with E-state index in [9.17, 15) is 19.0 Å². The summed E-state index contributed by atoms with van der Waals surface area (Å²) in [6.07, 6.45) is 4.80. The molecular formula is C33H36F3N5O3. The number of alkyl halides is 1. The molecule has 5 heterocycles. The predicted molar refractivity (Wildman–Crippen MR) is 162 cm³/mol. The Bertz CT molecular complexity index is 1740. The maximum Gasteiger partial charge on any atom is 0.319 e. The van der Waals surface area contributed by atoms with Crippen molar-refractivity contribution in [1.82, 2.24) is 19.9 Å². The summed E-state index contributed by atoms with van der Waals surface area (Å²) in [6, 6.07) is 5.81. The monoisotopic (exact) mass is 607 g/mol. The van der Waals surface area contributed by atoms with Gasteiger partial charge in [-0.1, -0.05) is 13.0 Å². The van der Waals surface area contributed by atoms with Gasteiger partial charge in [0.2, 0.25) is 0 Å². The maximum atomic E-state index is 16.7. The number of pyridine rings is 1. The number of aromatic nitrogens is 3. The molecular weight excluding hydrogens is 571 g/mol. The quantitative estimate of drug-likeness (QED) is 0.282. The Morgan fingerprint density at radius 1 is 1.11 bits per heavy atom. The van der Waals surface area contributed by atoms with E-state index in [2.05, 4.69) is 14.9 Å². The Labute approximate surface area is 253 Å². The third kappa shape index (κ3) is 4.90. The smallest absolute Gasteiger partial charge is 0.319 e. The first-order valence-electron chi connectivity index (χ1n) is 15.5. The third-order valence-corrected chi connectivity index (χ3v) is 9.71. The average molecular weight is 608 g/mol. The van der Waals surface area contributed by atoms with Crippen molar-refractivity contribution in [3.63, 3.8) is 0 Å². The number of piperidine rings is 1. The van der Waals surface area contributed by atoms with Gasteiger partial charge >= 0.3 is 6.01 Å². The number of aliphatic hydroxyl groups excluding tert-OH is 1. The number of anilines is 1. The lowest BCUT2D eigenvalue weighted by atomic mass is 9.94. The normalized spacial score (nSPS) is 24.0. The summed E-state index contributed by atoms with van der Waals surface area (Å²) in [6.45, 7) is 4.42. The number of hydrogen-bond donors (Lipinski definition) is 2. The molecule has 0 amide bonds. The van der Waals surface area contributed by atoms with Crippen LogP contribution in [0.3, 0.4) is 0 Å². The van der Waals surface area contributed by atoms with Crippen LogP contribution in [0.15, 0.2) is 30.5 Å². The summed E-state index contributed by atoms with van der Waals surface area (Å²) in [5, 5.41) is 21.8. The van der Waals surface area contributed by atoms with Crippen molar-refractivity contribution in [2.24, 2.45) is 5.92 Å². The summed E-state index contributed by atoms with van der Waals surface area (Å²) in [4.78, 5) is 17.9. The maximum absolute atomic E-state index is 16.7. The molecule has 0 aliphatic carbocycles. The number of aromatic hydroxyl groups is 1. The molecule has 3 aliphatic rings. The zero-order chi connectivity index (χ0) is 30.6. The molecule has 3 saturated heterocycles. The highest BCUT2D eigenvalue weighted by Crippen LogP contribution is 2.42. The number of benzene rings is 2. The van der Waals surface area contributed by atoms with E-state index < -0.39 is 23.3 Å². The molecule has 0 bridgehead atoms. The van der Waals surface area contributed by atoms with Gasteiger partial charge in [0.1, 0.15) is 41.4 Å². The molecule has 1 unspecified atom stereocenters. The Morgan fingerprint density at radius 3 is 2.80 bits per heavy atom. The van der Waals surface area contributed by atoms with Crippen LogP contribution in [-0.2, 0) is 6.42 Å². The van der Waals surface area contributed by atoms with Crippen LogP contribution in [0.25, 0.3) is 32.9 Å². The van der Waals surface area contributed by atoms with Crippen molar-refractivity contribution in [2.45, 2.75) is 57.2 Å². The fourth-order valence-electron chi connectivity index (χ4n) is 7.60. The van der Waals surface area contributed by atoms with Crippen LogP contribution < -0.4 is 9.64 Å². The number of hydrogen-bond acceptors (Lipinski definition) is 8. The Balaban J connectivity index is 1.37. The van der Waals surface area contributed by atoms with Crippen LogP contribution in [0.1, 0.15) is 44.6 Å². The summed E-state index contributed by atoms with van der Waals surface area (Å²) < 4.78 is 52.3. The highest BCUT2D eigenvalue weighted by Gasteiger charge is 2.49. The van der Waals surface area contributed by atoms with Gasteiger partial charge < -0.3 is 19.8 Å². The number of aliphatic hydroxyl groups is 1. The van der Waals surface area contributed by atoms with Crippen LogP contribution >= 0.6 is 0 Å². The largest absolute Gasteiger partial charge is 0.508 e. The molecule has 3 atom stereocenters. The van der Waals surface area contributed by atoms with E-state index in [4.69, 9.17) is 9.72 Å². The Morgan fingerprint density at radius 2 is 1.98 bits per heavy atom. The molecule has 4 aromatic rings. The van der Waals surface area contributed by atoms with Gasteiger partial charge in [0, 0.05) is 44.4 Å². The standard InChI is InChI=1S/C33H36F3N5O3/c1-2-23-26(35)7-6-20-11-22(43)12-24(27(20)23)29-28(36)30-25(14-37-29)31(40-9-3-5-19(15-40)17-42)39-32(38-30)44-18-33-8-4-10-41(33)16-21(34)13-33/h6-7,11-12,14,19,21,42-43H,2-5,8-10,13,15-18H2,1H3/t19?,21-,33+/m1/s1. The number of nitrogens with zero attached hydrogens (tertiary/aromatic N) is 5. The fourth-order valence-corrected chi connectivity index (χ4v) is 7.60. The number of rotatable bonds is 7. The second-order valence-electron chi connectivity index (χ2n) is 12.5. The molecule has 2 N–H and O–H groups in total. The second kappa shape index (κ2) is 11.3. The molecule has 44 heavy (non-hydrogen) atoms. The van der Waals surface area contributed by atoms with Crippen molar-refractivity contribution < 1.29 is 28.1 Å². The highest BCUT2D eigenvalue weighted by atomic mass is 19.1. The van der Waals surface area contributed by atoms with Gasteiger partial charge in [-0.25, -0.2) is 13.2 Å². The Hall–Kier alpha value is -3.70. The van der Waals surface area contributed by atoms with E-state index in [1.165, 1.54) is 24.4 Å². The lowest BCUT2D eigenvalue weighted by molar-refractivity contribution is 0.107. The van der Waals surface area contributed by atoms with Crippen molar-refractivity contribution >= 4 is 27.5 Å². The van der Waals surface area contributed by atoms with Crippen molar-refractivity contribution in [1.29, 1.82) is 0 Å². The minimum Gasteiger partial charge on any atom is -0.508 e. The van der Waals surface area contributed by atoms with Crippen LogP contribution in [0.4, 0.5) is 19.0 Å². The first-order valence-corrected chi connectivity index (χ1v) is 15.5. The lowest BCUT2D eigenvalue weighted by Gasteiger charge is -2.34. The minimum absolute atomic E-state index is 0.0114.